The SMILES string of the molecule is O=C1CCNC2NCC(Br)CC12. The van der Waals surface area contributed by atoms with Gasteiger partial charge in [-0.15, -0.1) is 0 Å². The molecular formula is C8H13BrN2O. The average Bonchev–Trinajstić information content (AvgIpc) is 2.07. The van der Waals surface area contributed by atoms with Crippen molar-refractivity contribution in [2.24, 2.45) is 5.92 Å². The molecule has 2 N–H and O–H groups in total. The van der Waals surface area contributed by atoms with E-state index in [1.165, 1.54) is 0 Å². The third kappa shape index (κ3) is 1.56. The molecule has 0 radical (unpaired) electrons. The molecule has 0 spiro atoms. The number of Topliss-reactive ketones (excluding diaryl/α,β-unsaturated/α-hetero) is 1. The molecular weight excluding hydrogens is 220 g/mol. The summed E-state index contributed by atoms with van der Waals surface area (Å²) in [6, 6.07) is 0. The zero-order valence-corrected chi connectivity index (χ0v) is 8.43. The lowest BCUT2D eigenvalue weighted by atomic mass is 9.87. The van der Waals surface area contributed by atoms with E-state index in [1.807, 2.05) is 0 Å². The lowest BCUT2D eigenvalue weighted by Crippen LogP contribution is -2.59. The van der Waals surface area contributed by atoms with Crippen molar-refractivity contribution in [3.05, 3.63) is 0 Å². The molecule has 4 heteroatoms. The van der Waals surface area contributed by atoms with Crippen molar-refractivity contribution in [3.8, 4) is 0 Å². The number of hydrogen-bond acceptors (Lipinski definition) is 3. The van der Waals surface area contributed by atoms with E-state index in [4.69, 9.17) is 0 Å². The fraction of sp³-hybridized carbons (Fsp3) is 0.875. The predicted molar refractivity (Wildman–Crippen MR) is 50.2 cm³/mol. The Morgan fingerprint density at radius 2 is 2.25 bits per heavy atom. The van der Waals surface area contributed by atoms with Crippen LogP contribution in [0.15, 0.2) is 0 Å². The quantitative estimate of drug-likeness (QED) is 0.589. The number of carbonyl (C=O) groups is 1. The van der Waals surface area contributed by atoms with Crippen molar-refractivity contribution in [3.63, 3.8) is 0 Å². The number of rotatable bonds is 0. The summed E-state index contributed by atoms with van der Waals surface area (Å²) < 4.78 is 0. The Balaban J connectivity index is 2.05. The fourth-order valence-corrected chi connectivity index (χ4v) is 2.55. The van der Waals surface area contributed by atoms with Gasteiger partial charge in [0.2, 0.25) is 0 Å². The van der Waals surface area contributed by atoms with Gasteiger partial charge >= 0.3 is 0 Å². The van der Waals surface area contributed by atoms with Crippen LogP contribution in [0.1, 0.15) is 12.8 Å². The van der Waals surface area contributed by atoms with Crippen molar-refractivity contribution in [1.29, 1.82) is 0 Å². The van der Waals surface area contributed by atoms with Crippen molar-refractivity contribution in [1.82, 2.24) is 10.6 Å². The van der Waals surface area contributed by atoms with E-state index < -0.39 is 0 Å². The van der Waals surface area contributed by atoms with Gasteiger partial charge in [0.25, 0.3) is 0 Å². The van der Waals surface area contributed by atoms with Crippen molar-refractivity contribution >= 4 is 21.7 Å². The van der Waals surface area contributed by atoms with Gasteiger partial charge in [-0.1, -0.05) is 15.9 Å². The molecule has 2 aliphatic rings. The Morgan fingerprint density at radius 3 is 3.08 bits per heavy atom. The Morgan fingerprint density at radius 1 is 1.42 bits per heavy atom. The highest BCUT2D eigenvalue weighted by Crippen LogP contribution is 2.24. The molecule has 68 valence electrons. The van der Waals surface area contributed by atoms with Crippen LogP contribution in [0.25, 0.3) is 0 Å². The van der Waals surface area contributed by atoms with Crippen LogP contribution in [0.3, 0.4) is 0 Å². The minimum absolute atomic E-state index is 0.192. The van der Waals surface area contributed by atoms with Gasteiger partial charge < -0.3 is 10.6 Å². The molecule has 3 nitrogen and oxygen atoms in total. The molecule has 3 unspecified atom stereocenters. The molecule has 0 amide bonds. The standard InChI is InChI=1S/C8H13BrN2O/c9-5-3-6-7(12)1-2-10-8(6)11-4-5/h5-6,8,10-11H,1-4H2. The monoisotopic (exact) mass is 232 g/mol. The molecule has 12 heavy (non-hydrogen) atoms. The van der Waals surface area contributed by atoms with Crippen LogP contribution in [0.4, 0.5) is 0 Å². The molecule has 2 fully saturated rings. The second kappa shape index (κ2) is 3.44. The number of nitrogens with one attached hydrogen (secondary N) is 2. The summed E-state index contributed by atoms with van der Waals surface area (Å²) in [5, 5.41) is 6.64. The van der Waals surface area contributed by atoms with E-state index in [1.54, 1.807) is 0 Å². The minimum Gasteiger partial charge on any atom is -0.301 e. The van der Waals surface area contributed by atoms with E-state index >= 15 is 0 Å². The van der Waals surface area contributed by atoms with Gasteiger partial charge in [0, 0.05) is 30.3 Å². The lowest BCUT2D eigenvalue weighted by Gasteiger charge is -2.37. The zero-order chi connectivity index (χ0) is 8.55. The number of halogens is 1. The summed E-state index contributed by atoms with van der Waals surface area (Å²) in [7, 11) is 0. The Labute approximate surface area is 80.4 Å². The number of fused-ring (bicyclic) bond motifs is 1. The predicted octanol–water partition coefficient (Wildman–Crippen LogP) is 0.248. The largest absolute Gasteiger partial charge is 0.301 e. The van der Waals surface area contributed by atoms with Gasteiger partial charge in [-0.25, -0.2) is 0 Å². The second-order valence-corrected chi connectivity index (χ2v) is 4.79. The number of ketones is 1. The van der Waals surface area contributed by atoms with E-state index in [9.17, 15) is 4.79 Å². The summed E-state index contributed by atoms with van der Waals surface area (Å²) in [5.41, 5.74) is 0. The highest BCUT2D eigenvalue weighted by atomic mass is 79.9. The minimum atomic E-state index is 0.192. The molecule has 2 aliphatic heterocycles. The van der Waals surface area contributed by atoms with Crippen LogP contribution < -0.4 is 10.6 Å². The lowest BCUT2D eigenvalue weighted by molar-refractivity contribution is -0.126. The molecule has 0 aromatic carbocycles. The van der Waals surface area contributed by atoms with Gasteiger partial charge in [-0.3, -0.25) is 4.79 Å². The van der Waals surface area contributed by atoms with Crippen molar-refractivity contribution in [2.75, 3.05) is 13.1 Å². The summed E-state index contributed by atoms with van der Waals surface area (Å²) in [4.78, 5) is 11.9. The van der Waals surface area contributed by atoms with E-state index in [2.05, 4.69) is 26.6 Å². The van der Waals surface area contributed by atoms with E-state index in [0.29, 0.717) is 17.0 Å². The van der Waals surface area contributed by atoms with Gasteiger partial charge in [-0.2, -0.15) is 0 Å². The third-order valence-electron chi connectivity index (χ3n) is 2.62. The summed E-state index contributed by atoms with van der Waals surface area (Å²) >= 11 is 3.54. The summed E-state index contributed by atoms with van der Waals surface area (Å²) in [6.45, 7) is 1.79. The number of carbonyl (C=O) groups excluding carboxylic acids is 1. The first kappa shape index (κ1) is 8.66. The van der Waals surface area contributed by atoms with E-state index in [-0.39, 0.29) is 12.1 Å². The molecule has 2 saturated heterocycles. The molecule has 3 atom stereocenters. The molecule has 0 bridgehead atoms. The fourth-order valence-electron chi connectivity index (χ4n) is 1.96. The number of hydrogen-bond donors (Lipinski definition) is 2. The van der Waals surface area contributed by atoms with Gasteiger partial charge in [-0.05, 0) is 6.42 Å². The Kier molecular flexibility index (Phi) is 2.48. The van der Waals surface area contributed by atoms with Crippen LogP contribution in [0.5, 0.6) is 0 Å². The smallest absolute Gasteiger partial charge is 0.140 e. The second-order valence-electron chi connectivity index (χ2n) is 3.50. The van der Waals surface area contributed by atoms with Crippen LogP contribution in [-0.4, -0.2) is 29.9 Å². The van der Waals surface area contributed by atoms with Gasteiger partial charge in [0.1, 0.15) is 5.78 Å². The number of alkyl halides is 1. The molecule has 0 saturated carbocycles. The van der Waals surface area contributed by atoms with E-state index in [0.717, 1.165) is 19.5 Å². The van der Waals surface area contributed by atoms with Crippen LogP contribution in [0.2, 0.25) is 0 Å². The first-order valence-corrected chi connectivity index (χ1v) is 5.32. The topological polar surface area (TPSA) is 41.1 Å². The normalized spacial score (nSPS) is 42.4. The zero-order valence-electron chi connectivity index (χ0n) is 6.85. The third-order valence-corrected chi connectivity index (χ3v) is 3.32. The van der Waals surface area contributed by atoms with Crippen molar-refractivity contribution in [2.45, 2.75) is 23.8 Å². The van der Waals surface area contributed by atoms with Gasteiger partial charge in [0.05, 0.1) is 6.17 Å². The van der Waals surface area contributed by atoms with Crippen LogP contribution >= 0.6 is 15.9 Å². The first-order valence-electron chi connectivity index (χ1n) is 4.41. The maximum Gasteiger partial charge on any atom is 0.140 e. The molecule has 2 rings (SSSR count). The summed E-state index contributed by atoms with van der Waals surface area (Å²) in [5.74, 6) is 0.604. The Hall–Kier alpha value is 0.0700. The van der Waals surface area contributed by atoms with Gasteiger partial charge in [0.15, 0.2) is 0 Å². The average molecular weight is 233 g/mol. The molecule has 0 aliphatic carbocycles. The maximum atomic E-state index is 11.5. The molecule has 2 heterocycles. The highest BCUT2D eigenvalue weighted by Gasteiger charge is 2.35. The highest BCUT2D eigenvalue weighted by molar-refractivity contribution is 9.09. The summed E-state index contributed by atoms with van der Waals surface area (Å²) in [6.07, 6.45) is 1.91. The van der Waals surface area contributed by atoms with Crippen LogP contribution in [-0.2, 0) is 4.79 Å². The maximum absolute atomic E-state index is 11.5. The Bertz CT molecular complexity index is 197. The number of piperidine rings is 2. The van der Waals surface area contributed by atoms with Crippen LogP contribution in [0, 0.1) is 5.92 Å². The first-order chi connectivity index (χ1) is 5.77. The molecule has 0 aromatic heterocycles. The van der Waals surface area contributed by atoms with Crippen molar-refractivity contribution < 1.29 is 4.79 Å². The molecule has 0 aromatic rings.